The summed E-state index contributed by atoms with van der Waals surface area (Å²) in [7, 11) is 0. The summed E-state index contributed by atoms with van der Waals surface area (Å²) in [6, 6.07) is 10.2. The Morgan fingerprint density at radius 2 is 2.05 bits per heavy atom. The molecule has 0 N–H and O–H groups in total. The Hall–Kier alpha value is -0.380. The second-order valence-electron chi connectivity index (χ2n) is 6.23. The molecule has 0 saturated carbocycles. The van der Waals surface area contributed by atoms with Gasteiger partial charge in [-0.1, -0.05) is 47.5 Å². The van der Waals surface area contributed by atoms with Crippen molar-refractivity contribution >= 4 is 15.9 Å². The molecule has 2 saturated heterocycles. The van der Waals surface area contributed by atoms with Crippen molar-refractivity contribution in [1.82, 2.24) is 9.80 Å². The zero-order valence-corrected chi connectivity index (χ0v) is 14.0. The smallest absolute Gasteiger partial charge is 0.0249 e. The van der Waals surface area contributed by atoms with E-state index in [0.717, 1.165) is 18.6 Å². The number of hydrogen-bond donors (Lipinski definition) is 0. The van der Waals surface area contributed by atoms with Crippen LogP contribution in [0.3, 0.4) is 0 Å². The minimum Gasteiger partial charge on any atom is -0.298 e. The van der Waals surface area contributed by atoms with Crippen LogP contribution in [0, 0.1) is 0 Å². The Bertz CT molecular complexity index is 448. The van der Waals surface area contributed by atoms with Crippen LogP contribution in [0.5, 0.6) is 0 Å². The Labute approximate surface area is 131 Å². The number of rotatable bonds is 3. The number of benzene rings is 1. The van der Waals surface area contributed by atoms with E-state index in [1.54, 1.807) is 0 Å². The zero-order valence-electron chi connectivity index (χ0n) is 12.4. The van der Waals surface area contributed by atoms with Gasteiger partial charge < -0.3 is 0 Å². The van der Waals surface area contributed by atoms with Gasteiger partial charge in [0.1, 0.15) is 0 Å². The highest BCUT2D eigenvalue weighted by atomic mass is 79.9. The van der Waals surface area contributed by atoms with Gasteiger partial charge in [0.15, 0.2) is 0 Å². The van der Waals surface area contributed by atoms with Crippen LogP contribution in [0.1, 0.15) is 38.2 Å². The molecule has 2 atom stereocenters. The van der Waals surface area contributed by atoms with Crippen molar-refractivity contribution < 1.29 is 0 Å². The molecule has 0 spiro atoms. The molecule has 0 bridgehead atoms. The Balaban J connectivity index is 1.72. The van der Waals surface area contributed by atoms with E-state index in [1.807, 2.05) is 0 Å². The maximum atomic E-state index is 3.70. The average molecular weight is 337 g/mol. The highest BCUT2D eigenvalue weighted by Crippen LogP contribution is 2.27. The van der Waals surface area contributed by atoms with Crippen molar-refractivity contribution in [3.8, 4) is 0 Å². The lowest BCUT2D eigenvalue weighted by Gasteiger charge is -2.48. The lowest BCUT2D eigenvalue weighted by molar-refractivity contribution is 0.00318. The number of fused-ring (bicyclic) bond motifs is 1. The standard InChI is InChI=1S/C17H25BrN2/c1-2-15-12-19-10-6-5-8-16(19)13-20(15)11-14-7-3-4-9-17(14)18/h3-4,7,9,15-16H,2,5-6,8,10-13H2,1H3. The van der Waals surface area contributed by atoms with Crippen molar-refractivity contribution in [3.05, 3.63) is 34.3 Å². The molecule has 1 aromatic rings. The molecule has 2 aliphatic rings. The topological polar surface area (TPSA) is 6.48 Å². The third kappa shape index (κ3) is 3.10. The van der Waals surface area contributed by atoms with E-state index in [9.17, 15) is 0 Å². The second-order valence-corrected chi connectivity index (χ2v) is 7.08. The van der Waals surface area contributed by atoms with E-state index in [-0.39, 0.29) is 0 Å². The van der Waals surface area contributed by atoms with Crippen LogP contribution in [0.15, 0.2) is 28.7 Å². The van der Waals surface area contributed by atoms with E-state index < -0.39 is 0 Å². The largest absolute Gasteiger partial charge is 0.298 e. The lowest BCUT2D eigenvalue weighted by Crippen LogP contribution is -2.58. The number of piperazine rings is 1. The first kappa shape index (κ1) is 14.6. The van der Waals surface area contributed by atoms with Gasteiger partial charge >= 0.3 is 0 Å². The molecule has 2 aliphatic heterocycles. The highest BCUT2D eigenvalue weighted by molar-refractivity contribution is 9.10. The Morgan fingerprint density at radius 1 is 1.20 bits per heavy atom. The summed E-state index contributed by atoms with van der Waals surface area (Å²) in [6.45, 7) is 7.27. The third-order valence-electron chi connectivity index (χ3n) is 4.96. The second kappa shape index (κ2) is 6.59. The summed E-state index contributed by atoms with van der Waals surface area (Å²) in [4.78, 5) is 5.46. The number of piperidine rings is 1. The van der Waals surface area contributed by atoms with Gasteiger partial charge in [-0.25, -0.2) is 0 Å². The van der Waals surface area contributed by atoms with Crippen LogP contribution in [0.25, 0.3) is 0 Å². The minimum atomic E-state index is 0.719. The lowest BCUT2D eigenvalue weighted by atomic mass is 9.95. The van der Waals surface area contributed by atoms with Crippen molar-refractivity contribution in [2.75, 3.05) is 19.6 Å². The minimum absolute atomic E-state index is 0.719. The van der Waals surface area contributed by atoms with Gasteiger partial charge in [-0.2, -0.15) is 0 Å². The van der Waals surface area contributed by atoms with E-state index in [1.165, 1.54) is 55.4 Å². The van der Waals surface area contributed by atoms with E-state index >= 15 is 0 Å². The molecular formula is C17H25BrN2. The van der Waals surface area contributed by atoms with Gasteiger partial charge in [-0.15, -0.1) is 0 Å². The molecular weight excluding hydrogens is 312 g/mol. The van der Waals surface area contributed by atoms with Gasteiger partial charge in [0.05, 0.1) is 0 Å². The average Bonchev–Trinajstić information content (AvgIpc) is 2.49. The van der Waals surface area contributed by atoms with Crippen LogP contribution < -0.4 is 0 Å². The van der Waals surface area contributed by atoms with Crippen LogP contribution in [-0.4, -0.2) is 41.5 Å². The predicted molar refractivity (Wildman–Crippen MR) is 87.8 cm³/mol. The quantitative estimate of drug-likeness (QED) is 0.825. The molecule has 2 heterocycles. The predicted octanol–water partition coefficient (Wildman–Crippen LogP) is 3.90. The number of hydrogen-bond acceptors (Lipinski definition) is 2. The fraction of sp³-hybridized carbons (Fsp3) is 0.647. The van der Waals surface area contributed by atoms with Crippen molar-refractivity contribution in [3.63, 3.8) is 0 Å². The summed E-state index contributed by atoms with van der Waals surface area (Å²) in [6.07, 6.45) is 5.47. The molecule has 0 radical (unpaired) electrons. The van der Waals surface area contributed by atoms with Crippen LogP contribution >= 0.6 is 15.9 Å². The van der Waals surface area contributed by atoms with Crippen molar-refractivity contribution in [1.29, 1.82) is 0 Å². The first-order valence-electron chi connectivity index (χ1n) is 7.99. The number of halogens is 1. The summed E-state index contributed by atoms with van der Waals surface area (Å²) in [5.74, 6) is 0. The van der Waals surface area contributed by atoms with Gasteiger partial charge in [0, 0.05) is 36.2 Å². The van der Waals surface area contributed by atoms with Crippen molar-refractivity contribution in [2.45, 2.75) is 51.2 Å². The molecule has 3 rings (SSSR count). The summed E-state index contributed by atoms with van der Waals surface area (Å²) >= 11 is 3.70. The highest BCUT2D eigenvalue weighted by Gasteiger charge is 2.34. The fourth-order valence-corrected chi connectivity index (χ4v) is 4.15. The third-order valence-corrected chi connectivity index (χ3v) is 5.73. The van der Waals surface area contributed by atoms with E-state index in [2.05, 4.69) is 56.9 Å². The normalized spacial score (nSPS) is 28.3. The summed E-state index contributed by atoms with van der Waals surface area (Å²) in [5, 5.41) is 0. The summed E-state index contributed by atoms with van der Waals surface area (Å²) < 4.78 is 1.25. The SMILES string of the molecule is CCC1CN2CCCCC2CN1Cc1ccccc1Br. The molecule has 1 aromatic carbocycles. The summed E-state index contributed by atoms with van der Waals surface area (Å²) in [5.41, 5.74) is 1.43. The molecule has 2 fully saturated rings. The zero-order chi connectivity index (χ0) is 13.9. The molecule has 2 unspecified atom stereocenters. The Morgan fingerprint density at radius 3 is 2.85 bits per heavy atom. The monoisotopic (exact) mass is 336 g/mol. The van der Waals surface area contributed by atoms with Gasteiger partial charge in [0.25, 0.3) is 0 Å². The van der Waals surface area contributed by atoms with Crippen molar-refractivity contribution in [2.24, 2.45) is 0 Å². The maximum absolute atomic E-state index is 3.70. The first-order valence-corrected chi connectivity index (χ1v) is 8.78. The molecule has 2 nitrogen and oxygen atoms in total. The van der Waals surface area contributed by atoms with Gasteiger partial charge in [0.2, 0.25) is 0 Å². The molecule has 20 heavy (non-hydrogen) atoms. The van der Waals surface area contributed by atoms with E-state index in [0.29, 0.717) is 0 Å². The molecule has 0 aromatic heterocycles. The van der Waals surface area contributed by atoms with Crippen LogP contribution in [-0.2, 0) is 6.54 Å². The fourth-order valence-electron chi connectivity index (χ4n) is 3.74. The van der Waals surface area contributed by atoms with Gasteiger partial charge in [-0.3, -0.25) is 9.80 Å². The number of nitrogens with zero attached hydrogens (tertiary/aromatic N) is 2. The maximum Gasteiger partial charge on any atom is 0.0249 e. The van der Waals surface area contributed by atoms with E-state index in [4.69, 9.17) is 0 Å². The Kier molecular flexibility index (Phi) is 4.79. The molecule has 110 valence electrons. The molecule has 3 heteroatoms. The van der Waals surface area contributed by atoms with Crippen LogP contribution in [0.4, 0.5) is 0 Å². The molecule has 0 amide bonds. The van der Waals surface area contributed by atoms with Crippen LogP contribution in [0.2, 0.25) is 0 Å². The first-order chi connectivity index (χ1) is 9.78. The van der Waals surface area contributed by atoms with Gasteiger partial charge in [-0.05, 0) is 37.4 Å². The molecule has 0 aliphatic carbocycles.